The molecule has 1 atom stereocenters. The second-order valence-electron chi connectivity index (χ2n) is 6.81. The summed E-state index contributed by atoms with van der Waals surface area (Å²) in [4.78, 5) is 2.78. The highest BCUT2D eigenvalue weighted by atomic mass is 32.2. The van der Waals surface area contributed by atoms with E-state index in [4.69, 9.17) is 0 Å². The number of nitrogens with one attached hydrogen (secondary N) is 1. The van der Waals surface area contributed by atoms with Gasteiger partial charge in [-0.25, -0.2) is 8.42 Å². The number of piperidine rings is 1. The molecule has 1 aliphatic rings. The van der Waals surface area contributed by atoms with E-state index in [1.165, 1.54) is 23.7 Å². The predicted molar refractivity (Wildman–Crippen MR) is 91.3 cm³/mol. The number of aryl methyl sites for hydroxylation is 1. The molecule has 0 aliphatic carbocycles. The number of rotatable bonds is 5. The van der Waals surface area contributed by atoms with Gasteiger partial charge in [-0.15, -0.1) is 0 Å². The van der Waals surface area contributed by atoms with Gasteiger partial charge in [-0.3, -0.25) is 14.7 Å². The number of likely N-dealkylation sites (tertiary alicyclic amines) is 1. The Bertz CT molecular complexity index is 808. The van der Waals surface area contributed by atoms with Crippen molar-refractivity contribution in [2.45, 2.75) is 37.6 Å². The second kappa shape index (κ2) is 6.68. The van der Waals surface area contributed by atoms with E-state index in [1.807, 2.05) is 17.9 Å². The first kappa shape index (κ1) is 17.2. The maximum Gasteiger partial charge on any atom is 0.178 e. The van der Waals surface area contributed by atoms with Crippen molar-refractivity contribution in [1.29, 1.82) is 0 Å². The molecule has 3 rings (SSSR count). The third kappa shape index (κ3) is 3.70. The zero-order chi connectivity index (χ0) is 17.3. The Kier molecular flexibility index (Phi) is 4.78. The van der Waals surface area contributed by atoms with Gasteiger partial charge >= 0.3 is 0 Å². The Labute approximate surface area is 143 Å². The van der Waals surface area contributed by atoms with E-state index in [0.29, 0.717) is 10.8 Å². The first-order valence-corrected chi connectivity index (χ1v) is 10.2. The quantitative estimate of drug-likeness (QED) is 0.878. The summed E-state index contributed by atoms with van der Waals surface area (Å²) in [5.41, 5.74) is 3.20. The molecule has 1 fully saturated rings. The largest absolute Gasteiger partial charge is 0.299 e. The Morgan fingerprint density at radius 2 is 2.17 bits per heavy atom. The van der Waals surface area contributed by atoms with Crippen molar-refractivity contribution in [2.75, 3.05) is 19.3 Å². The Hall–Kier alpha value is -1.67. The van der Waals surface area contributed by atoms with Gasteiger partial charge in [-0.2, -0.15) is 10.2 Å². The van der Waals surface area contributed by atoms with Crippen molar-refractivity contribution in [2.24, 2.45) is 13.0 Å². The number of hydrogen-bond donors (Lipinski definition) is 1. The molecule has 3 heterocycles. The third-order valence-electron chi connectivity index (χ3n) is 4.90. The van der Waals surface area contributed by atoms with Gasteiger partial charge in [0.1, 0.15) is 4.90 Å². The van der Waals surface area contributed by atoms with Gasteiger partial charge in [0.15, 0.2) is 9.84 Å². The molecule has 1 N–H and O–H groups in total. The zero-order valence-corrected chi connectivity index (χ0v) is 15.3. The minimum absolute atomic E-state index is 0.336. The molecule has 0 unspecified atom stereocenters. The SMILES string of the molecule is Cc1c(CN2CCC[C@@H](Cc3[nH]ncc3S(C)(=O)=O)C2)cnn1C. The highest BCUT2D eigenvalue weighted by Gasteiger charge is 2.24. The lowest BCUT2D eigenvalue weighted by Crippen LogP contribution is -2.36. The molecule has 24 heavy (non-hydrogen) atoms. The first-order valence-electron chi connectivity index (χ1n) is 8.26. The van der Waals surface area contributed by atoms with Crippen molar-refractivity contribution >= 4 is 9.84 Å². The number of sulfone groups is 1. The summed E-state index contributed by atoms with van der Waals surface area (Å²) in [7, 11) is -1.26. The molecule has 1 aliphatic heterocycles. The molecule has 0 bridgehead atoms. The van der Waals surface area contributed by atoms with Crippen LogP contribution in [0.3, 0.4) is 0 Å². The monoisotopic (exact) mass is 351 g/mol. The van der Waals surface area contributed by atoms with Gasteiger partial charge < -0.3 is 0 Å². The molecule has 0 saturated carbocycles. The molecule has 7 nitrogen and oxygen atoms in total. The Morgan fingerprint density at radius 1 is 1.38 bits per heavy atom. The normalized spacial score (nSPS) is 19.7. The van der Waals surface area contributed by atoms with Crippen LogP contribution in [0.15, 0.2) is 17.3 Å². The number of hydrogen-bond acceptors (Lipinski definition) is 5. The summed E-state index contributed by atoms with van der Waals surface area (Å²) in [6.45, 7) is 5.04. The van der Waals surface area contributed by atoms with Crippen molar-refractivity contribution < 1.29 is 8.42 Å². The molecule has 8 heteroatoms. The molecule has 2 aromatic rings. The lowest BCUT2D eigenvalue weighted by atomic mass is 9.93. The molecule has 2 aromatic heterocycles. The number of aromatic nitrogens is 4. The molecule has 132 valence electrons. The minimum Gasteiger partial charge on any atom is -0.299 e. The summed E-state index contributed by atoms with van der Waals surface area (Å²) in [5.74, 6) is 0.441. The fraction of sp³-hybridized carbons (Fsp3) is 0.625. The van der Waals surface area contributed by atoms with Gasteiger partial charge in [0.25, 0.3) is 0 Å². The smallest absolute Gasteiger partial charge is 0.178 e. The molecule has 1 saturated heterocycles. The third-order valence-corrected chi connectivity index (χ3v) is 6.06. The van der Waals surface area contributed by atoms with Crippen molar-refractivity contribution in [3.8, 4) is 0 Å². The topological polar surface area (TPSA) is 83.9 Å². The van der Waals surface area contributed by atoms with Crippen LogP contribution >= 0.6 is 0 Å². The fourth-order valence-corrected chi connectivity index (χ4v) is 4.28. The number of H-pyrrole nitrogens is 1. The Balaban J connectivity index is 1.66. The molecule has 0 aromatic carbocycles. The second-order valence-corrected chi connectivity index (χ2v) is 8.80. The van der Waals surface area contributed by atoms with Crippen LogP contribution < -0.4 is 0 Å². The van der Waals surface area contributed by atoms with Gasteiger partial charge in [0.2, 0.25) is 0 Å². The lowest BCUT2D eigenvalue weighted by Gasteiger charge is -2.32. The van der Waals surface area contributed by atoms with Crippen molar-refractivity contribution in [3.63, 3.8) is 0 Å². The van der Waals surface area contributed by atoms with Gasteiger partial charge in [0, 0.05) is 37.7 Å². The van der Waals surface area contributed by atoms with Crippen LogP contribution in [0, 0.1) is 12.8 Å². The highest BCUT2D eigenvalue weighted by molar-refractivity contribution is 7.90. The van der Waals surface area contributed by atoms with Crippen LogP contribution in [0.5, 0.6) is 0 Å². The molecule has 0 amide bonds. The first-order chi connectivity index (χ1) is 11.3. The fourth-order valence-electron chi connectivity index (χ4n) is 3.46. The highest BCUT2D eigenvalue weighted by Crippen LogP contribution is 2.24. The standard InChI is InChI=1S/C16H25N5O2S/c1-12-14(8-18-20(12)2)11-21-6-4-5-13(10-21)7-15-16(9-17-19-15)24(3,22)23/h8-9,13H,4-7,10-11H2,1-3H3,(H,17,19)/t13-/m0/s1. The summed E-state index contributed by atoms with van der Waals surface area (Å²) in [5, 5.41) is 11.1. The van der Waals surface area contributed by atoms with Crippen LogP contribution in [0.25, 0.3) is 0 Å². The van der Waals surface area contributed by atoms with Gasteiger partial charge in [-0.05, 0) is 38.6 Å². The molecule has 0 spiro atoms. The molecular weight excluding hydrogens is 326 g/mol. The minimum atomic E-state index is -3.22. The van der Waals surface area contributed by atoms with Crippen LogP contribution in [0.4, 0.5) is 0 Å². The van der Waals surface area contributed by atoms with Crippen LogP contribution in [-0.2, 0) is 29.9 Å². The summed E-state index contributed by atoms with van der Waals surface area (Å²) in [6.07, 6.45) is 7.57. The lowest BCUT2D eigenvalue weighted by molar-refractivity contribution is 0.165. The summed E-state index contributed by atoms with van der Waals surface area (Å²) >= 11 is 0. The number of aromatic amines is 1. The van der Waals surface area contributed by atoms with Gasteiger partial charge in [-0.1, -0.05) is 0 Å². The maximum atomic E-state index is 11.8. The van der Waals surface area contributed by atoms with E-state index in [9.17, 15) is 8.42 Å². The predicted octanol–water partition coefficient (Wildman–Crippen LogP) is 1.31. The maximum absolute atomic E-state index is 11.8. The van der Waals surface area contributed by atoms with E-state index in [2.05, 4.69) is 27.1 Å². The zero-order valence-electron chi connectivity index (χ0n) is 14.5. The van der Waals surface area contributed by atoms with E-state index < -0.39 is 9.84 Å². The molecule has 0 radical (unpaired) electrons. The van der Waals surface area contributed by atoms with Crippen LogP contribution in [0.1, 0.15) is 29.8 Å². The Morgan fingerprint density at radius 3 is 2.83 bits per heavy atom. The van der Waals surface area contributed by atoms with Crippen LogP contribution in [-0.4, -0.2) is 52.6 Å². The van der Waals surface area contributed by atoms with Crippen molar-refractivity contribution in [3.05, 3.63) is 29.3 Å². The van der Waals surface area contributed by atoms with Crippen LogP contribution in [0.2, 0.25) is 0 Å². The molecular formula is C16H25N5O2S. The summed E-state index contributed by atoms with van der Waals surface area (Å²) < 4.78 is 25.5. The van der Waals surface area contributed by atoms with E-state index in [0.717, 1.165) is 44.6 Å². The van der Waals surface area contributed by atoms with E-state index >= 15 is 0 Å². The summed E-state index contributed by atoms with van der Waals surface area (Å²) in [6, 6.07) is 0. The average molecular weight is 351 g/mol. The van der Waals surface area contributed by atoms with Crippen molar-refractivity contribution in [1.82, 2.24) is 24.9 Å². The number of nitrogens with zero attached hydrogens (tertiary/aromatic N) is 4. The van der Waals surface area contributed by atoms with Gasteiger partial charge in [0.05, 0.1) is 18.1 Å². The van der Waals surface area contributed by atoms with E-state index in [1.54, 1.807) is 0 Å². The van der Waals surface area contributed by atoms with E-state index in [-0.39, 0.29) is 0 Å². The average Bonchev–Trinajstić information content (AvgIpc) is 3.09.